The van der Waals surface area contributed by atoms with E-state index in [0.29, 0.717) is 5.92 Å². The van der Waals surface area contributed by atoms with Crippen LogP contribution in [0.25, 0.3) is 11.0 Å². The lowest BCUT2D eigenvalue weighted by Crippen LogP contribution is -2.22. The molecule has 1 unspecified atom stereocenters. The Balaban J connectivity index is 1.93. The maximum absolute atomic E-state index is 5.51. The number of nitrogens with zero attached hydrogens (tertiary/aromatic N) is 2. The number of H-pyrrole nitrogens is 1. The molecule has 2 aromatic heterocycles. The van der Waals surface area contributed by atoms with Crippen molar-refractivity contribution in [3.05, 3.63) is 23.2 Å². The fourth-order valence-corrected chi connectivity index (χ4v) is 2.68. The van der Waals surface area contributed by atoms with Crippen molar-refractivity contribution in [2.45, 2.75) is 19.4 Å². The summed E-state index contributed by atoms with van der Waals surface area (Å²) in [4.78, 5) is 7.29. The third kappa shape index (κ3) is 2.12. The second-order valence-electron chi connectivity index (χ2n) is 4.52. The lowest BCUT2D eigenvalue weighted by Gasteiger charge is -2.22. The summed E-state index contributed by atoms with van der Waals surface area (Å²) in [5.41, 5.74) is 2.14. The van der Waals surface area contributed by atoms with Crippen LogP contribution in [-0.4, -0.2) is 27.7 Å². The molecule has 1 fully saturated rings. The van der Waals surface area contributed by atoms with Crippen molar-refractivity contribution < 1.29 is 4.74 Å². The third-order valence-electron chi connectivity index (χ3n) is 3.27. The molecule has 0 bridgehead atoms. The lowest BCUT2D eigenvalue weighted by molar-refractivity contribution is 0.0486. The number of nitrogens with one attached hydrogen (secondary N) is 1. The molecule has 0 spiro atoms. The Hall–Kier alpha value is -1.20. The van der Waals surface area contributed by atoms with Gasteiger partial charge in [-0.1, -0.05) is 0 Å². The normalized spacial score (nSPS) is 20.8. The minimum absolute atomic E-state index is 0.572. The SMILES string of the molecule is S=c1[nH]c2cnccc2n1CC1CCCOC1. The van der Waals surface area contributed by atoms with Crippen LogP contribution in [0.5, 0.6) is 0 Å². The van der Waals surface area contributed by atoms with Gasteiger partial charge in [0.1, 0.15) is 0 Å². The molecule has 0 aromatic carbocycles. The van der Waals surface area contributed by atoms with Crippen LogP contribution < -0.4 is 0 Å². The van der Waals surface area contributed by atoms with E-state index in [1.54, 1.807) is 6.20 Å². The second kappa shape index (κ2) is 4.58. The molecule has 1 aliphatic heterocycles. The van der Waals surface area contributed by atoms with Gasteiger partial charge < -0.3 is 14.3 Å². The van der Waals surface area contributed by atoms with Crippen LogP contribution in [0.4, 0.5) is 0 Å². The first-order valence-electron chi connectivity index (χ1n) is 5.95. The summed E-state index contributed by atoms with van der Waals surface area (Å²) in [6.07, 6.45) is 6.00. The largest absolute Gasteiger partial charge is 0.381 e. The third-order valence-corrected chi connectivity index (χ3v) is 3.59. The van der Waals surface area contributed by atoms with Crippen LogP contribution in [0.15, 0.2) is 18.5 Å². The van der Waals surface area contributed by atoms with E-state index in [-0.39, 0.29) is 0 Å². The zero-order valence-electron chi connectivity index (χ0n) is 9.56. The molecule has 1 aliphatic rings. The fraction of sp³-hybridized carbons (Fsp3) is 0.500. The number of aromatic nitrogens is 3. The predicted octanol–water partition coefficient (Wildman–Crippen LogP) is 2.52. The highest BCUT2D eigenvalue weighted by Crippen LogP contribution is 2.19. The van der Waals surface area contributed by atoms with E-state index >= 15 is 0 Å². The molecule has 90 valence electrons. The van der Waals surface area contributed by atoms with E-state index in [1.165, 1.54) is 6.42 Å². The second-order valence-corrected chi connectivity index (χ2v) is 4.90. The molecule has 1 N–H and O–H groups in total. The van der Waals surface area contributed by atoms with E-state index in [4.69, 9.17) is 17.0 Å². The van der Waals surface area contributed by atoms with Crippen molar-refractivity contribution in [1.82, 2.24) is 14.5 Å². The van der Waals surface area contributed by atoms with E-state index in [1.807, 2.05) is 12.3 Å². The average molecular weight is 249 g/mol. The molecule has 0 amide bonds. The van der Waals surface area contributed by atoms with Gasteiger partial charge in [-0.3, -0.25) is 4.98 Å². The first kappa shape index (κ1) is 10.9. The van der Waals surface area contributed by atoms with Gasteiger partial charge in [0.25, 0.3) is 0 Å². The van der Waals surface area contributed by atoms with Gasteiger partial charge in [0, 0.05) is 25.3 Å². The first-order chi connectivity index (χ1) is 8.34. The average Bonchev–Trinajstić information content (AvgIpc) is 2.68. The number of hydrogen-bond acceptors (Lipinski definition) is 3. The highest BCUT2D eigenvalue weighted by Gasteiger charge is 2.16. The molecule has 0 saturated carbocycles. The Labute approximate surface area is 105 Å². The Morgan fingerprint density at radius 3 is 3.35 bits per heavy atom. The van der Waals surface area contributed by atoms with Gasteiger partial charge in [-0.25, -0.2) is 0 Å². The molecular formula is C12H15N3OS. The summed E-state index contributed by atoms with van der Waals surface area (Å²) < 4.78 is 8.45. The van der Waals surface area contributed by atoms with Gasteiger partial charge in [0.2, 0.25) is 0 Å². The fourth-order valence-electron chi connectivity index (χ4n) is 2.40. The van der Waals surface area contributed by atoms with Crippen molar-refractivity contribution >= 4 is 23.3 Å². The zero-order chi connectivity index (χ0) is 11.7. The zero-order valence-corrected chi connectivity index (χ0v) is 10.4. The summed E-state index contributed by atoms with van der Waals surface area (Å²) in [6, 6.07) is 2.01. The van der Waals surface area contributed by atoms with E-state index in [0.717, 1.165) is 42.0 Å². The Morgan fingerprint density at radius 2 is 2.53 bits per heavy atom. The molecule has 3 heterocycles. The summed E-state index contributed by atoms with van der Waals surface area (Å²) >= 11 is 5.36. The van der Waals surface area contributed by atoms with Crippen molar-refractivity contribution in [2.75, 3.05) is 13.2 Å². The van der Waals surface area contributed by atoms with Gasteiger partial charge in [-0.05, 0) is 31.1 Å². The Bertz CT molecular complexity index is 568. The molecule has 4 nitrogen and oxygen atoms in total. The summed E-state index contributed by atoms with van der Waals surface area (Å²) in [5, 5.41) is 0. The van der Waals surface area contributed by atoms with Crippen LogP contribution in [0.2, 0.25) is 0 Å². The highest BCUT2D eigenvalue weighted by molar-refractivity contribution is 7.71. The minimum atomic E-state index is 0.572. The molecule has 1 atom stereocenters. The van der Waals surface area contributed by atoms with Gasteiger partial charge >= 0.3 is 0 Å². The molecule has 0 radical (unpaired) electrons. The number of fused-ring (bicyclic) bond motifs is 1. The molecule has 1 saturated heterocycles. The number of imidazole rings is 1. The van der Waals surface area contributed by atoms with Gasteiger partial charge in [-0.15, -0.1) is 0 Å². The quantitative estimate of drug-likeness (QED) is 0.832. The maximum atomic E-state index is 5.51. The van der Waals surface area contributed by atoms with Crippen molar-refractivity contribution in [2.24, 2.45) is 5.92 Å². The van der Waals surface area contributed by atoms with Crippen LogP contribution in [-0.2, 0) is 11.3 Å². The first-order valence-corrected chi connectivity index (χ1v) is 6.35. The molecule has 5 heteroatoms. The number of aromatic amines is 1. The lowest BCUT2D eigenvalue weighted by atomic mass is 10.0. The number of hydrogen-bond donors (Lipinski definition) is 1. The monoisotopic (exact) mass is 249 g/mol. The molecule has 3 rings (SSSR count). The summed E-state index contributed by atoms with van der Waals surface area (Å²) in [5.74, 6) is 0.572. The van der Waals surface area contributed by atoms with Crippen LogP contribution in [0.1, 0.15) is 12.8 Å². The number of rotatable bonds is 2. The van der Waals surface area contributed by atoms with E-state index in [2.05, 4.69) is 14.5 Å². The highest BCUT2D eigenvalue weighted by atomic mass is 32.1. The minimum Gasteiger partial charge on any atom is -0.381 e. The molecule has 2 aromatic rings. The maximum Gasteiger partial charge on any atom is 0.178 e. The van der Waals surface area contributed by atoms with Crippen molar-refractivity contribution in [1.29, 1.82) is 0 Å². The Morgan fingerprint density at radius 1 is 1.59 bits per heavy atom. The van der Waals surface area contributed by atoms with Crippen LogP contribution >= 0.6 is 12.2 Å². The van der Waals surface area contributed by atoms with Gasteiger partial charge in [-0.2, -0.15) is 0 Å². The number of ether oxygens (including phenoxy) is 1. The molecular weight excluding hydrogens is 234 g/mol. The van der Waals surface area contributed by atoms with Crippen LogP contribution in [0.3, 0.4) is 0 Å². The Kier molecular flexibility index (Phi) is 2.94. The molecule has 17 heavy (non-hydrogen) atoms. The summed E-state index contributed by atoms with van der Waals surface area (Å²) in [7, 11) is 0. The molecule has 0 aliphatic carbocycles. The van der Waals surface area contributed by atoms with Crippen molar-refractivity contribution in [3.63, 3.8) is 0 Å². The van der Waals surface area contributed by atoms with E-state index < -0.39 is 0 Å². The standard InChI is InChI=1S/C12H15N3OS/c17-12-14-10-6-13-4-3-11(10)15(12)7-9-2-1-5-16-8-9/h3-4,6,9H,1-2,5,7-8H2,(H,14,17). The number of pyridine rings is 1. The topological polar surface area (TPSA) is 42.8 Å². The van der Waals surface area contributed by atoms with Crippen molar-refractivity contribution in [3.8, 4) is 0 Å². The van der Waals surface area contributed by atoms with Gasteiger partial charge in [0.15, 0.2) is 4.77 Å². The summed E-state index contributed by atoms with van der Waals surface area (Å²) in [6.45, 7) is 2.68. The predicted molar refractivity (Wildman–Crippen MR) is 68.5 cm³/mol. The smallest absolute Gasteiger partial charge is 0.178 e. The van der Waals surface area contributed by atoms with Crippen LogP contribution in [0, 0.1) is 10.7 Å². The van der Waals surface area contributed by atoms with E-state index in [9.17, 15) is 0 Å². The van der Waals surface area contributed by atoms with Gasteiger partial charge in [0.05, 0.1) is 23.8 Å².